The Morgan fingerprint density at radius 1 is 1.06 bits per heavy atom. The van der Waals surface area contributed by atoms with Crippen LogP contribution in [0, 0.1) is 0 Å². The van der Waals surface area contributed by atoms with E-state index in [-0.39, 0.29) is 6.04 Å². The van der Waals surface area contributed by atoms with Gasteiger partial charge in [0.15, 0.2) is 0 Å². The molecule has 0 saturated carbocycles. The number of aromatic nitrogens is 1. The molecule has 0 fully saturated rings. The van der Waals surface area contributed by atoms with Gasteiger partial charge in [-0.1, -0.05) is 42.5 Å². The summed E-state index contributed by atoms with van der Waals surface area (Å²) in [5, 5.41) is 3.21. The smallest absolute Gasteiger partial charge is 0.0963 e. The molecule has 0 spiro atoms. The van der Waals surface area contributed by atoms with Crippen LogP contribution in [0.3, 0.4) is 0 Å². The molecule has 2 heterocycles. The molecule has 1 unspecified atom stereocenters. The van der Waals surface area contributed by atoms with Crippen LogP contribution in [-0.2, 0) is 0 Å². The Bertz CT molecular complexity index is 797. The highest BCUT2D eigenvalue weighted by atomic mass is 14.8. The molecule has 1 aliphatic carbocycles. The lowest BCUT2D eigenvalue weighted by molar-refractivity contribution is 1.03. The van der Waals surface area contributed by atoms with E-state index in [0.717, 1.165) is 21.6 Å². The zero-order valence-electron chi connectivity index (χ0n) is 9.17. The van der Waals surface area contributed by atoms with Crippen LogP contribution < -0.4 is 10.7 Å². The molecule has 1 aromatic heterocycles. The number of rotatable bonds is 0. The zero-order chi connectivity index (χ0) is 11.2. The molecular weight excluding hydrogens is 208 g/mol. The average Bonchev–Trinajstić information content (AvgIpc) is 2.73. The first-order chi connectivity index (χ1) is 8.42. The van der Waals surface area contributed by atoms with Gasteiger partial charge in [0.25, 0.3) is 0 Å². The quantitative estimate of drug-likeness (QED) is 0.658. The highest BCUT2D eigenvalue weighted by Crippen LogP contribution is 2.17. The van der Waals surface area contributed by atoms with Crippen LogP contribution in [0.4, 0.5) is 0 Å². The van der Waals surface area contributed by atoms with Crippen LogP contribution in [-0.4, -0.2) is 11.0 Å². The highest BCUT2D eigenvalue weighted by molar-refractivity contribution is 5.79. The number of para-hydroxylation sites is 1. The number of hydrogen-bond acceptors (Lipinski definition) is 2. The van der Waals surface area contributed by atoms with Crippen molar-refractivity contribution in [3.05, 3.63) is 65.3 Å². The van der Waals surface area contributed by atoms with Crippen LogP contribution >= 0.6 is 0 Å². The summed E-state index contributed by atoms with van der Waals surface area (Å²) in [7, 11) is 0. The van der Waals surface area contributed by atoms with E-state index in [0.29, 0.717) is 0 Å². The van der Waals surface area contributed by atoms with Crippen molar-refractivity contribution in [1.29, 1.82) is 0 Å². The monoisotopic (exact) mass is 218 g/mol. The molecule has 1 aromatic carbocycles. The van der Waals surface area contributed by atoms with E-state index in [2.05, 4.69) is 29.3 Å². The number of benzene rings is 1. The standard InChI is InChI=1S/C15H10N2/c1-3-7-12-10(5-1)9-14-15(17-12)11-6-2-4-8-13(11)16-14/h1-9,13H. The van der Waals surface area contributed by atoms with Crippen LogP contribution in [0.25, 0.3) is 16.5 Å². The molecule has 0 saturated heterocycles. The molecule has 2 aromatic rings. The summed E-state index contributed by atoms with van der Waals surface area (Å²) in [4.78, 5) is 9.41. The lowest BCUT2D eigenvalue weighted by Crippen LogP contribution is -2.26. The molecule has 1 aliphatic heterocycles. The summed E-state index contributed by atoms with van der Waals surface area (Å²) in [5.74, 6) is 0. The van der Waals surface area contributed by atoms with E-state index < -0.39 is 0 Å². The Labute approximate surface area is 98.3 Å². The minimum Gasteiger partial charge on any atom is -0.271 e. The fraction of sp³-hybridized carbons (Fsp3) is 0.0667. The molecule has 0 amide bonds. The van der Waals surface area contributed by atoms with Crippen molar-refractivity contribution in [1.82, 2.24) is 4.98 Å². The third-order valence-corrected chi connectivity index (χ3v) is 3.25. The second-order valence-corrected chi connectivity index (χ2v) is 4.32. The molecule has 17 heavy (non-hydrogen) atoms. The van der Waals surface area contributed by atoms with E-state index in [1.165, 1.54) is 5.57 Å². The predicted octanol–water partition coefficient (Wildman–Crippen LogP) is 1.51. The molecule has 0 N–H and O–H groups in total. The number of fused-ring (bicyclic) bond motifs is 3. The largest absolute Gasteiger partial charge is 0.271 e. The van der Waals surface area contributed by atoms with Crippen molar-refractivity contribution < 1.29 is 0 Å². The normalized spacial score (nSPS) is 20.2. The van der Waals surface area contributed by atoms with E-state index >= 15 is 0 Å². The SMILES string of the molecule is C1=CC2=c3nc4ccccc4cc3=NC2C=C1. The van der Waals surface area contributed by atoms with Crippen molar-refractivity contribution in [3.63, 3.8) is 0 Å². The van der Waals surface area contributed by atoms with Gasteiger partial charge in [0.2, 0.25) is 0 Å². The van der Waals surface area contributed by atoms with Gasteiger partial charge in [-0.15, -0.1) is 0 Å². The maximum absolute atomic E-state index is 4.72. The summed E-state index contributed by atoms with van der Waals surface area (Å²) in [5.41, 5.74) is 2.26. The number of pyridine rings is 1. The molecule has 0 radical (unpaired) electrons. The fourth-order valence-electron chi connectivity index (χ4n) is 2.43. The number of hydrogen-bond donors (Lipinski definition) is 0. The summed E-state index contributed by atoms with van der Waals surface area (Å²) < 4.78 is 0. The second kappa shape index (κ2) is 3.14. The van der Waals surface area contributed by atoms with Gasteiger partial charge < -0.3 is 0 Å². The van der Waals surface area contributed by atoms with Crippen LogP contribution in [0.15, 0.2) is 59.6 Å². The lowest BCUT2D eigenvalue weighted by Gasteiger charge is -2.05. The van der Waals surface area contributed by atoms with Gasteiger partial charge in [-0.25, -0.2) is 4.98 Å². The molecule has 2 aliphatic rings. The zero-order valence-corrected chi connectivity index (χ0v) is 9.17. The van der Waals surface area contributed by atoms with Crippen LogP contribution in [0.5, 0.6) is 0 Å². The highest BCUT2D eigenvalue weighted by Gasteiger charge is 2.17. The number of allylic oxidation sites excluding steroid dienone is 2. The summed E-state index contributed by atoms with van der Waals surface area (Å²) >= 11 is 0. The fourth-order valence-corrected chi connectivity index (χ4v) is 2.43. The van der Waals surface area contributed by atoms with Gasteiger partial charge in [0.1, 0.15) is 0 Å². The Kier molecular flexibility index (Phi) is 1.64. The second-order valence-electron chi connectivity index (χ2n) is 4.32. The van der Waals surface area contributed by atoms with E-state index in [4.69, 9.17) is 4.98 Å². The Balaban J connectivity index is 2.19. The van der Waals surface area contributed by atoms with Gasteiger partial charge in [0.05, 0.1) is 22.3 Å². The van der Waals surface area contributed by atoms with E-state index in [9.17, 15) is 0 Å². The molecule has 0 bridgehead atoms. The molecule has 1 atom stereocenters. The van der Waals surface area contributed by atoms with Crippen molar-refractivity contribution in [3.8, 4) is 0 Å². The number of nitrogens with zero attached hydrogens (tertiary/aromatic N) is 2. The van der Waals surface area contributed by atoms with Crippen molar-refractivity contribution in [2.75, 3.05) is 0 Å². The molecule has 2 nitrogen and oxygen atoms in total. The van der Waals surface area contributed by atoms with E-state index in [1.807, 2.05) is 30.4 Å². The molecule has 80 valence electrons. The molecule has 2 heteroatoms. The average molecular weight is 218 g/mol. The summed E-state index contributed by atoms with van der Waals surface area (Å²) in [6.07, 6.45) is 8.32. The maximum Gasteiger partial charge on any atom is 0.0963 e. The third-order valence-electron chi connectivity index (χ3n) is 3.25. The summed E-state index contributed by atoms with van der Waals surface area (Å²) in [6.45, 7) is 0. The predicted molar refractivity (Wildman–Crippen MR) is 68.0 cm³/mol. The first-order valence-electron chi connectivity index (χ1n) is 5.74. The lowest BCUT2D eigenvalue weighted by atomic mass is 10.0. The van der Waals surface area contributed by atoms with Crippen molar-refractivity contribution >= 4 is 16.5 Å². The van der Waals surface area contributed by atoms with E-state index in [1.54, 1.807) is 0 Å². The Hall–Kier alpha value is -2.22. The third kappa shape index (κ3) is 1.21. The maximum atomic E-state index is 4.72. The Morgan fingerprint density at radius 2 is 2.00 bits per heavy atom. The van der Waals surface area contributed by atoms with Gasteiger partial charge in [-0.05, 0) is 12.1 Å². The minimum atomic E-state index is 0.166. The first-order valence-corrected chi connectivity index (χ1v) is 5.74. The topological polar surface area (TPSA) is 25.2 Å². The minimum absolute atomic E-state index is 0.166. The molecule has 4 rings (SSSR count). The van der Waals surface area contributed by atoms with Gasteiger partial charge >= 0.3 is 0 Å². The van der Waals surface area contributed by atoms with Crippen LogP contribution in [0.2, 0.25) is 0 Å². The van der Waals surface area contributed by atoms with Crippen LogP contribution in [0.1, 0.15) is 0 Å². The van der Waals surface area contributed by atoms with Crippen molar-refractivity contribution in [2.45, 2.75) is 6.04 Å². The van der Waals surface area contributed by atoms with Crippen molar-refractivity contribution in [2.24, 2.45) is 4.99 Å². The molecular formula is C15H10N2. The first kappa shape index (κ1) is 8.88. The van der Waals surface area contributed by atoms with Gasteiger partial charge in [-0.2, -0.15) is 0 Å². The van der Waals surface area contributed by atoms with Gasteiger partial charge in [-0.3, -0.25) is 4.99 Å². The Morgan fingerprint density at radius 3 is 3.00 bits per heavy atom. The van der Waals surface area contributed by atoms with Gasteiger partial charge in [0, 0.05) is 11.0 Å². The summed E-state index contributed by atoms with van der Waals surface area (Å²) in [6, 6.07) is 10.5.